The lowest BCUT2D eigenvalue weighted by atomic mass is 9.85. The molecule has 0 unspecified atom stereocenters. The van der Waals surface area contributed by atoms with Crippen molar-refractivity contribution in [2.24, 2.45) is 5.92 Å². The van der Waals surface area contributed by atoms with E-state index in [0.717, 1.165) is 16.8 Å². The quantitative estimate of drug-likeness (QED) is 0.875. The molecule has 1 saturated heterocycles. The molecule has 128 valence electrons. The molecule has 1 amide bonds. The van der Waals surface area contributed by atoms with Crippen LogP contribution in [0, 0.1) is 5.92 Å². The lowest BCUT2D eigenvalue weighted by Crippen LogP contribution is -2.46. The lowest BCUT2D eigenvalue weighted by Gasteiger charge is -2.33. The van der Waals surface area contributed by atoms with Gasteiger partial charge in [-0.3, -0.25) is 14.5 Å². The summed E-state index contributed by atoms with van der Waals surface area (Å²) in [5.41, 5.74) is 2.08. The summed E-state index contributed by atoms with van der Waals surface area (Å²) in [6, 6.07) is 17.8. The highest BCUT2D eigenvalue weighted by Crippen LogP contribution is 2.49. The number of hydrogen-bond acceptors (Lipinski definition) is 4. The summed E-state index contributed by atoms with van der Waals surface area (Å²) in [5.74, 6) is -0.631. The number of nitrogens with zero attached hydrogens (tertiary/aromatic N) is 1. The maximum atomic E-state index is 13.0. The van der Waals surface area contributed by atoms with Crippen molar-refractivity contribution < 1.29 is 14.3 Å². The van der Waals surface area contributed by atoms with Crippen molar-refractivity contribution in [1.82, 2.24) is 4.90 Å². The number of likely N-dealkylation sites (tertiary alicyclic amines) is 1. The molecule has 5 nitrogen and oxygen atoms in total. The van der Waals surface area contributed by atoms with Gasteiger partial charge in [-0.05, 0) is 18.1 Å². The van der Waals surface area contributed by atoms with Crippen LogP contribution in [0.4, 0.5) is 5.69 Å². The van der Waals surface area contributed by atoms with Gasteiger partial charge in [0.2, 0.25) is 5.91 Å². The number of para-hydroxylation sites is 1. The molecule has 2 aliphatic heterocycles. The van der Waals surface area contributed by atoms with Crippen LogP contribution in [-0.4, -0.2) is 30.4 Å². The minimum Gasteiger partial charge on any atom is -0.469 e. The van der Waals surface area contributed by atoms with Crippen LogP contribution in [0.1, 0.15) is 17.5 Å². The van der Waals surface area contributed by atoms with Crippen LogP contribution in [0.25, 0.3) is 0 Å². The van der Waals surface area contributed by atoms with Crippen LogP contribution in [0.2, 0.25) is 0 Å². The summed E-state index contributed by atoms with van der Waals surface area (Å²) >= 11 is 0. The van der Waals surface area contributed by atoms with Gasteiger partial charge in [-0.1, -0.05) is 48.5 Å². The monoisotopic (exact) mass is 336 g/mol. The van der Waals surface area contributed by atoms with Gasteiger partial charge in [0.05, 0.1) is 13.0 Å². The number of anilines is 1. The van der Waals surface area contributed by atoms with Crippen molar-refractivity contribution in [3.8, 4) is 0 Å². The smallest absolute Gasteiger partial charge is 0.310 e. The van der Waals surface area contributed by atoms with Gasteiger partial charge in [0, 0.05) is 24.3 Å². The first kappa shape index (κ1) is 15.8. The number of fused-ring (bicyclic) bond motifs is 2. The number of hydrogen-bond donors (Lipinski definition) is 1. The molecule has 2 aliphatic rings. The van der Waals surface area contributed by atoms with Gasteiger partial charge >= 0.3 is 5.97 Å². The second-order valence-corrected chi connectivity index (χ2v) is 6.65. The number of nitrogens with one attached hydrogen (secondary N) is 1. The molecule has 1 fully saturated rings. The molecule has 5 heteroatoms. The third-order valence-electron chi connectivity index (χ3n) is 5.27. The van der Waals surface area contributed by atoms with Crippen LogP contribution in [0.15, 0.2) is 54.6 Å². The largest absolute Gasteiger partial charge is 0.469 e. The standard InChI is InChI=1S/C20H20N2O3/c1-25-18(23)15-11-20(16-9-5-6-10-17(16)21-19(20)24)22(13-15)12-14-7-3-2-4-8-14/h2-10,15H,11-13H2,1H3,(H,21,24)/t15-,20+/m1/s1. The molecule has 0 aromatic heterocycles. The first-order chi connectivity index (χ1) is 12.1. The molecule has 2 heterocycles. The van der Waals surface area contributed by atoms with E-state index in [1.54, 1.807) is 0 Å². The molecule has 1 spiro atoms. The molecule has 0 bridgehead atoms. The lowest BCUT2D eigenvalue weighted by molar-refractivity contribution is -0.145. The predicted octanol–water partition coefficient (Wildman–Crippen LogP) is 2.53. The summed E-state index contributed by atoms with van der Waals surface area (Å²) in [4.78, 5) is 27.3. The van der Waals surface area contributed by atoms with Crippen LogP contribution in [0.5, 0.6) is 0 Å². The Labute approximate surface area is 146 Å². The average molecular weight is 336 g/mol. The zero-order chi connectivity index (χ0) is 17.4. The molecule has 4 rings (SSSR count). The number of carbonyl (C=O) groups is 2. The van der Waals surface area contributed by atoms with Crippen molar-refractivity contribution >= 4 is 17.6 Å². The van der Waals surface area contributed by atoms with Crippen LogP contribution < -0.4 is 5.32 Å². The summed E-state index contributed by atoms with van der Waals surface area (Å²) in [7, 11) is 1.40. The number of methoxy groups -OCH3 is 1. The molecule has 0 saturated carbocycles. The van der Waals surface area contributed by atoms with Gasteiger partial charge in [0.25, 0.3) is 0 Å². The summed E-state index contributed by atoms with van der Waals surface area (Å²) in [6.45, 7) is 1.11. The van der Waals surface area contributed by atoms with Gasteiger partial charge in [0.1, 0.15) is 5.54 Å². The van der Waals surface area contributed by atoms with Gasteiger partial charge < -0.3 is 10.1 Å². The topological polar surface area (TPSA) is 58.6 Å². The van der Waals surface area contributed by atoms with Crippen molar-refractivity contribution in [2.45, 2.75) is 18.5 Å². The van der Waals surface area contributed by atoms with Crippen LogP contribution in [-0.2, 0) is 26.4 Å². The molecule has 0 aliphatic carbocycles. The Morgan fingerprint density at radius 2 is 1.92 bits per heavy atom. The maximum Gasteiger partial charge on any atom is 0.310 e. The number of amides is 1. The zero-order valence-electron chi connectivity index (χ0n) is 14.1. The molecule has 1 N–H and O–H groups in total. The average Bonchev–Trinajstić information content (AvgIpc) is 3.15. The van der Waals surface area contributed by atoms with E-state index < -0.39 is 5.54 Å². The minimum absolute atomic E-state index is 0.0592. The fraction of sp³-hybridized carbons (Fsp3) is 0.300. The van der Waals surface area contributed by atoms with E-state index in [2.05, 4.69) is 10.2 Å². The highest BCUT2D eigenvalue weighted by atomic mass is 16.5. The van der Waals surface area contributed by atoms with E-state index in [4.69, 9.17) is 4.74 Å². The first-order valence-corrected chi connectivity index (χ1v) is 8.43. The van der Waals surface area contributed by atoms with Crippen molar-refractivity contribution in [1.29, 1.82) is 0 Å². The zero-order valence-corrected chi connectivity index (χ0v) is 14.1. The number of carbonyl (C=O) groups excluding carboxylic acids is 2. The maximum absolute atomic E-state index is 13.0. The number of benzene rings is 2. The molecule has 2 atom stereocenters. The van der Waals surface area contributed by atoms with E-state index in [0.29, 0.717) is 19.5 Å². The van der Waals surface area contributed by atoms with Gasteiger partial charge in [0.15, 0.2) is 0 Å². The fourth-order valence-corrected chi connectivity index (χ4v) is 4.12. The van der Waals surface area contributed by atoms with Crippen LogP contribution in [0.3, 0.4) is 0 Å². The van der Waals surface area contributed by atoms with E-state index in [-0.39, 0.29) is 17.8 Å². The molecule has 0 radical (unpaired) electrons. The Bertz CT molecular complexity index is 821. The number of ether oxygens (including phenoxy) is 1. The van der Waals surface area contributed by atoms with E-state index in [9.17, 15) is 9.59 Å². The molecule has 2 aromatic rings. The van der Waals surface area contributed by atoms with Gasteiger partial charge in [-0.2, -0.15) is 0 Å². The van der Waals surface area contributed by atoms with Crippen molar-refractivity contribution in [3.63, 3.8) is 0 Å². The Morgan fingerprint density at radius 3 is 2.68 bits per heavy atom. The van der Waals surface area contributed by atoms with E-state index in [1.807, 2.05) is 54.6 Å². The first-order valence-electron chi connectivity index (χ1n) is 8.43. The molecule has 2 aromatic carbocycles. The second-order valence-electron chi connectivity index (χ2n) is 6.65. The highest BCUT2D eigenvalue weighted by molar-refractivity contribution is 6.06. The Balaban J connectivity index is 1.77. The van der Waals surface area contributed by atoms with Gasteiger partial charge in [-0.15, -0.1) is 0 Å². The second kappa shape index (κ2) is 6.01. The van der Waals surface area contributed by atoms with Crippen molar-refractivity contribution in [3.05, 3.63) is 65.7 Å². The van der Waals surface area contributed by atoms with E-state index in [1.165, 1.54) is 7.11 Å². The third-order valence-corrected chi connectivity index (χ3v) is 5.27. The summed E-state index contributed by atoms with van der Waals surface area (Å²) in [6.07, 6.45) is 0.440. The SMILES string of the molecule is COC(=O)[C@H]1CN(Cc2ccccc2)[C@]2(C1)C(=O)Nc1ccccc12. The third kappa shape index (κ3) is 2.43. The van der Waals surface area contributed by atoms with Gasteiger partial charge in [-0.25, -0.2) is 0 Å². The van der Waals surface area contributed by atoms with Crippen molar-refractivity contribution in [2.75, 3.05) is 19.0 Å². The fourth-order valence-electron chi connectivity index (χ4n) is 4.12. The number of rotatable bonds is 3. The molecule has 25 heavy (non-hydrogen) atoms. The number of esters is 1. The Morgan fingerprint density at radius 1 is 1.20 bits per heavy atom. The summed E-state index contributed by atoms with van der Waals surface area (Å²) in [5, 5.41) is 2.99. The Hall–Kier alpha value is -2.66. The Kier molecular flexibility index (Phi) is 3.81. The summed E-state index contributed by atoms with van der Waals surface area (Å²) < 4.78 is 4.96. The highest BCUT2D eigenvalue weighted by Gasteiger charge is 2.57. The minimum atomic E-state index is -0.814. The predicted molar refractivity (Wildman–Crippen MR) is 93.7 cm³/mol. The molecular weight excluding hydrogens is 316 g/mol. The van der Waals surface area contributed by atoms with E-state index >= 15 is 0 Å². The molecular formula is C20H20N2O3. The normalized spacial score (nSPS) is 25.0. The van der Waals surface area contributed by atoms with Crippen LogP contribution >= 0.6 is 0 Å².